The van der Waals surface area contributed by atoms with Gasteiger partial charge in [0.25, 0.3) is 5.69 Å². The molecule has 1 saturated heterocycles. The van der Waals surface area contributed by atoms with Gasteiger partial charge in [0.2, 0.25) is 5.88 Å². The third kappa shape index (κ3) is 3.76. The van der Waals surface area contributed by atoms with Crippen LogP contribution in [-0.2, 0) is 9.47 Å². The number of carbonyl (C=O) groups is 1. The van der Waals surface area contributed by atoms with Crippen LogP contribution in [-0.4, -0.2) is 72.7 Å². The Morgan fingerprint density at radius 3 is 2.65 bits per heavy atom. The molecule has 0 saturated carbocycles. The molecule has 3 heterocycles. The Morgan fingerprint density at radius 1 is 1.23 bits per heavy atom. The zero-order chi connectivity index (χ0) is 22.1. The third-order valence-electron chi connectivity index (χ3n) is 4.82. The average Bonchev–Trinajstić information content (AvgIpc) is 3.33. The Balaban J connectivity index is 1.45. The van der Waals surface area contributed by atoms with Crippen LogP contribution in [0.3, 0.4) is 0 Å². The highest BCUT2D eigenvalue weighted by molar-refractivity contribution is 5.89. The normalized spacial score (nSPS) is 23.1. The first kappa shape index (κ1) is 20.6. The minimum atomic E-state index is -1.35. The molecule has 1 aliphatic rings. The van der Waals surface area contributed by atoms with Gasteiger partial charge in [-0.15, -0.1) is 0 Å². The van der Waals surface area contributed by atoms with Crippen LogP contribution in [0.5, 0.6) is 5.88 Å². The molecule has 4 atom stereocenters. The molecule has 2 aromatic heterocycles. The second-order valence-corrected chi connectivity index (χ2v) is 6.66. The van der Waals surface area contributed by atoms with Gasteiger partial charge in [-0.3, -0.25) is 14.7 Å². The number of ether oxygens (including phenoxy) is 3. The first-order chi connectivity index (χ1) is 14.9. The summed E-state index contributed by atoms with van der Waals surface area (Å²) in [6.45, 7) is -0.352. The molecule has 3 aromatic rings. The molecule has 1 fully saturated rings. The van der Waals surface area contributed by atoms with E-state index in [1.807, 2.05) is 0 Å². The predicted octanol–water partition coefficient (Wildman–Crippen LogP) is 0.219. The summed E-state index contributed by atoms with van der Waals surface area (Å²) >= 11 is 0. The minimum absolute atomic E-state index is 0.0968. The summed E-state index contributed by atoms with van der Waals surface area (Å²) in [5, 5.41) is 31.5. The monoisotopic (exact) mass is 431 g/mol. The van der Waals surface area contributed by atoms with Crippen LogP contribution in [0, 0.1) is 10.1 Å². The molecule has 31 heavy (non-hydrogen) atoms. The van der Waals surface area contributed by atoms with Gasteiger partial charge in [0.15, 0.2) is 17.4 Å². The molecule has 2 N–H and O–H groups in total. The number of methoxy groups -OCH3 is 1. The summed E-state index contributed by atoms with van der Waals surface area (Å²) < 4.78 is 17.4. The van der Waals surface area contributed by atoms with E-state index in [0.717, 1.165) is 0 Å². The molecule has 13 nitrogen and oxygen atoms in total. The predicted molar refractivity (Wildman–Crippen MR) is 101 cm³/mol. The van der Waals surface area contributed by atoms with Crippen molar-refractivity contribution in [1.29, 1.82) is 0 Å². The van der Waals surface area contributed by atoms with Crippen molar-refractivity contribution in [3.05, 3.63) is 52.6 Å². The number of fused-ring (bicyclic) bond motifs is 1. The Morgan fingerprint density at radius 2 is 1.97 bits per heavy atom. The standard InChI is InChI=1S/C18H17N5O8/c1-29-16-12-15(19-7-20-16)22(8-21-12)17-14(25)13(24)11(31-17)6-30-18(26)9-2-4-10(5-3-9)23(27)28/h2-5,7-8,11,13-14,17,24-25H,6H2,1H3/t11-,13-,14+,17-/m1/s1. The van der Waals surface area contributed by atoms with E-state index < -0.39 is 35.4 Å². The quantitative estimate of drug-likeness (QED) is 0.310. The van der Waals surface area contributed by atoms with Gasteiger partial charge in [0, 0.05) is 12.1 Å². The molecule has 4 rings (SSSR count). The van der Waals surface area contributed by atoms with Crippen molar-refractivity contribution in [2.75, 3.05) is 13.7 Å². The highest BCUT2D eigenvalue weighted by atomic mass is 16.6. The van der Waals surface area contributed by atoms with Crippen LogP contribution in [0.15, 0.2) is 36.9 Å². The van der Waals surface area contributed by atoms with Crippen molar-refractivity contribution in [3.63, 3.8) is 0 Å². The number of nitro benzene ring substituents is 1. The molecular formula is C18H17N5O8. The highest BCUT2D eigenvalue weighted by Crippen LogP contribution is 2.32. The van der Waals surface area contributed by atoms with Crippen molar-refractivity contribution in [2.24, 2.45) is 0 Å². The molecule has 0 bridgehead atoms. The summed E-state index contributed by atoms with van der Waals surface area (Å²) in [4.78, 5) is 34.5. The first-order valence-electron chi connectivity index (χ1n) is 9.05. The topological polar surface area (TPSA) is 172 Å². The first-order valence-corrected chi connectivity index (χ1v) is 9.05. The maximum absolute atomic E-state index is 12.2. The van der Waals surface area contributed by atoms with E-state index in [9.17, 15) is 25.1 Å². The molecule has 0 unspecified atom stereocenters. The number of esters is 1. The van der Waals surface area contributed by atoms with Gasteiger partial charge in [-0.2, -0.15) is 4.98 Å². The Bertz CT molecular complexity index is 1120. The van der Waals surface area contributed by atoms with Crippen molar-refractivity contribution in [1.82, 2.24) is 19.5 Å². The van der Waals surface area contributed by atoms with Gasteiger partial charge < -0.3 is 24.4 Å². The molecule has 0 radical (unpaired) electrons. The molecule has 1 aliphatic heterocycles. The number of aromatic nitrogens is 4. The van der Waals surface area contributed by atoms with Gasteiger partial charge >= 0.3 is 5.97 Å². The maximum Gasteiger partial charge on any atom is 0.338 e. The molecule has 13 heteroatoms. The number of rotatable bonds is 6. The summed E-state index contributed by atoms with van der Waals surface area (Å²) in [6, 6.07) is 4.87. The fourth-order valence-electron chi connectivity index (χ4n) is 3.22. The Labute approximate surface area is 174 Å². The number of imidazole rings is 1. The molecule has 0 spiro atoms. The number of aliphatic hydroxyl groups is 2. The number of benzene rings is 1. The van der Waals surface area contributed by atoms with E-state index in [-0.39, 0.29) is 23.7 Å². The summed E-state index contributed by atoms with van der Waals surface area (Å²) in [6.07, 6.45) is -2.13. The lowest BCUT2D eigenvalue weighted by Gasteiger charge is -2.16. The third-order valence-corrected chi connectivity index (χ3v) is 4.82. The zero-order valence-corrected chi connectivity index (χ0v) is 16.1. The van der Waals surface area contributed by atoms with Gasteiger partial charge in [-0.05, 0) is 12.1 Å². The van der Waals surface area contributed by atoms with Crippen molar-refractivity contribution in [2.45, 2.75) is 24.5 Å². The van der Waals surface area contributed by atoms with E-state index >= 15 is 0 Å². The SMILES string of the molecule is COc1ncnc2c1ncn2[C@@H]1O[C@H](COC(=O)c2ccc([N+](=O)[O-])cc2)[C@@H](O)[C@@H]1O. The largest absolute Gasteiger partial charge is 0.479 e. The van der Waals surface area contributed by atoms with Crippen LogP contribution >= 0.6 is 0 Å². The van der Waals surface area contributed by atoms with Gasteiger partial charge in [-0.1, -0.05) is 0 Å². The van der Waals surface area contributed by atoms with Crippen LogP contribution in [0.1, 0.15) is 16.6 Å². The van der Waals surface area contributed by atoms with E-state index in [2.05, 4.69) is 15.0 Å². The van der Waals surface area contributed by atoms with Crippen LogP contribution < -0.4 is 4.74 Å². The Kier molecular flexibility index (Phi) is 5.46. The lowest BCUT2D eigenvalue weighted by Crippen LogP contribution is -2.34. The minimum Gasteiger partial charge on any atom is -0.479 e. The van der Waals surface area contributed by atoms with Crippen LogP contribution in [0.2, 0.25) is 0 Å². The number of hydrogen-bond acceptors (Lipinski definition) is 11. The van der Waals surface area contributed by atoms with Gasteiger partial charge in [0.1, 0.15) is 31.2 Å². The average molecular weight is 431 g/mol. The zero-order valence-electron chi connectivity index (χ0n) is 16.1. The summed E-state index contributed by atoms with van der Waals surface area (Å²) in [7, 11) is 1.43. The number of nitro groups is 1. The number of hydrogen-bond donors (Lipinski definition) is 2. The van der Waals surface area contributed by atoms with E-state index in [1.165, 1.54) is 48.6 Å². The summed E-state index contributed by atoms with van der Waals surface area (Å²) in [5.74, 6) is -0.514. The smallest absolute Gasteiger partial charge is 0.338 e. The fourth-order valence-corrected chi connectivity index (χ4v) is 3.22. The molecule has 1 aromatic carbocycles. The van der Waals surface area contributed by atoms with Gasteiger partial charge in [-0.25, -0.2) is 14.8 Å². The van der Waals surface area contributed by atoms with E-state index in [4.69, 9.17) is 14.2 Å². The Hall–Kier alpha value is -3.68. The summed E-state index contributed by atoms with van der Waals surface area (Å²) in [5.41, 5.74) is 0.611. The fraction of sp³-hybridized carbons (Fsp3) is 0.333. The van der Waals surface area contributed by atoms with Crippen molar-refractivity contribution >= 4 is 22.8 Å². The molecule has 0 amide bonds. The number of aliphatic hydroxyl groups excluding tert-OH is 2. The number of non-ortho nitro benzene ring substituents is 1. The van der Waals surface area contributed by atoms with Crippen molar-refractivity contribution in [3.8, 4) is 5.88 Å². The number of carbonyl (C=O) groups excluding carboxylic acids is 1. The lowest BCUT2D eigenvalue weighted by molar-refractivity contribution is -0.384. The van der Waals surface area contributed by atoms with E-state index in [0.29, 0.717) is 11.2 Å². The molecular weight excluding hydrogens is 414 g/mol. The van der Waals surface area contributed by atoms with Crippen LogP contribution in [0.25, 0.3) is 11.2 Å². The van der Waals surface area contributed by atoms with Crippen molar-refractivity contribution < 1.29 is 34.1 Å². The molecule has 0 aliphatic carbocycles. The second-order valence-electron chi connectivity index (χ2n) is 6.66. The van der Waals surface area contributed by atoms with Gasteiger partial charge in [0.05, 0.1) is 23.9 Å². The second kappa shape index (κ2) is 8.22. The molecule has 162 valence electrons. The number of nitrogens with zero attached hydrogens (tertiary/aromatic N) is 5. The highest BCUT2D eigenvalue weighted by Gasteiger charge is 2.45. The van der Waals surface area contributed by atoms with Crippen LogP contribution in [0.4, 0.5) is 5.69 Å². The van der Waals surface area contributed by atoms with E-state index in [1.54, 1.807) is 0 Å². The lowest BCUT2D eigenvalue weighted by atomic mass is 10.1. The maximum atomic E-state index is 12.2.